The van der Waals surface area contributed by atoms with Gasteiger partial charge in [0, 0.05) is 17.1 Å². The highest BCUT2D eigenvalue weighted by Crippen LogP contribution is 2.27. The summed E-state index contributed by atoms with van der Waals surface area (Å²) in [5.74, 6) is 2.19. The average molecular weight is 488 g/mol. The maximum Gasteiger partial charge on any atom is 0.319 e. The molecule has 0 fully saturated rings. The molecule has 35 heavy (non-hydrogen) atoms. The summed E-state index contributed by atoms with van der Waals surface area (Å²) in [6, 6.07) is 23.7. The number of urea groups is 1. The van der Waals surface area contributed by atoms with E-state index < -0.39 is 0 Å². The van der Waals surface area contributed by atoms with E-state index in [1.807, 2.05) is 59.2 Å². The third-order valence-electron chi connectivity index (χ3n) is 5.49. The quantitative estimate of drug-likeness (QED) is 0.293. The molecule has 4 rings (SSSR count). The number of methoxy groups -OCH3 is 1. The molecular weight excluding hydrogens is 458 g/mol. The van der Waals surface area contributed by atoms with Crippen LogP contribution < -0.4 is 15.4 Å². The number of aromatic nitrogens is 3. The van der Waals surface area contributed by atoms with Crippen molar-refractivity contribution in [2.45, 2.75) is 37.7 Å². The van der Waals surface area contributed by atoms with Gasteiger partial charge in [0.2, 0.25) is 0 Å². The van der Waals surface area contributed by atoms with E-state index in [4.69, 9.17) is 4.74 Å². The van der Waals surface area contributed by atoms with Crippen LogP contribution in [0.4, 0.5) is 10.5 Å². The predicted octanol–water partition coefficient (Wildman–Crippen LogP) is 5.76. The first-order valence-corrected chi connectivity index (χ1v) is 12.4. The van der Waals surface area contributed by atoms with Crippen molar-refractivity contribution in [2.24, 2.45) is 0 Å². The first kappa shape index (κ1) is 24.3. The van der Waals surface area contributed by atoms with Gasteiger partial charge in [0.15, 0.2) is 11.0 Å². The molecule has 180 valence electrons. The van der Waals surface area contributed by atoms with Crippen LogP contribution in [-0.2, 0) is 18.7 Å². The van der Waals surface area contributed by atoms with Gasteiger partial charge in [0.05, 0.1) is 13.7 Å². The lowest BCUT2D eigenvalue weighted by atomic mass is 10.1. The van der Waals surface area contributed by atoms with Crippen LogP contribution in [0, 0.1) is 6.92 Å². The molecule has 1 heterocycles. The fraction of sp³-hybridized carbons (Fsp3) is 0.222. The number of amides is 2. The minimum atomic E-state index is -0.290. The van der Waals surface area contributed by atoms with Crippen LogP contribution in [0.3, 0.4) is 0 Å². The molecule has 0 radical (unpaired) electrons. The lowest BCUT2D eigenvalue weighted by Gasteiger charge is -2.12. The molecule has 0 saturated heterocycles. The summed E-state index contributed by atoms with van der Waals surface area (Å²) in [6.07, 6.45) is 0.910. The molecular formula is C27H29N5O2S. The predicted molar refractivity (Wildman–Crippen MR) is 140 cm³/mol. The smallest absolute Gasteiger partial charge is 0.319 e. The van der Waals surface area contributed by atoms with Gasteiger partial charge in [0.1, 0.15) is 5.75 Å². The topological polar surface area (TPSA) is 81.1 Å². The molecule has 0 unspecified atom stereocenters. The van der Waals surface area contributed by atoms with Gasteiger partial charge in [0.25, 0.3) is 0 Å². The maximum atomic E-state index is 12.6. The van der Waals surface area contributed by atoms with Crippen LogP contribution in [0.1, 0.15) is 29.4 Å². The normalized spacial score (nSPS) is 10.7. The van der Waals surface area contributed by atoms with E-state index in [-0.39, 0.29) is 12.6 Å². The van der Waals surface area contributed by atoms with Crippen LogP contribution in [-0.4, -0.2) is 27.9 Å². The number of anilines is 1. The van der Waals surface area contributed by atoms with E-state index in [1.54, 1.807) is 18.9 Å². The zero-order chi connectivity index (χ0) is 24.6. The lowest BCUT2D eigenvalue weighted by Crippen LogP contribution is -2.29. The van der Waals surface area contributed by atoms with Crippen LogP contribution >= 0.6 is 11.8 Å². The summed E-state index contributed by atoms with van der Waals surface area (Å²) in [5.41, 5.74) is 5.17. The second-order valence-electron chi connectivity index (χ2n) is 8.07. The largest absolute Gasteiger partial charge is 0.497 e. The van der Waals surface area contributed by atoms with Gasteiger partial charge < -0.3 is 15.4 Å². The maximum absolute atomic E-state index is 12.6. The van der Waals surface area contributed by atoms with Gasteiger partial charge in [-0.3, -0.25) is 4.57 Å². The van der Waals surface area contributed by atoms with Crippen molar-refractivity contribution in [3.05, 3.63) is 95.3 Å². The van der Waals surface area contributed by atoms with E-state index >= 15 is 0 Å². The van der Waals surface area contributed by atoms with Gasteiger partial charge in [-0.15, -0.1) is 10.2 Å². The number of benzene rings is 3. The molecule has 0 aliphatic heterocycles. The third-order valence-corrected chi connectivity index (χ3v) is 6.49. The van der Waals surface area contributed by atoms with Gasteiger partial charge in [-0.1, -0.05) is 60.6 Å². The number of thioether (sulfide) groups is 1. The summed E-state index contributed by atoms with van der Waals surface area (Å²) in [5, 5.41) is 15.4. The second kappa shape index (κ2) is 11.6. The van der Waals surface area contributed by atoms with Gasteiger partial charge in [-0.05, 0) is 60.9 Å². The highest BCUT2D eigenvalue weighted by atomic mass is 32.2. The number of carbonyl (C=O) groups is 1. The summed E-state index contributed by atoms with van der Waals surface area (Å²) >= 11 is 1.59. The molecule has 0 saturated carbocycles. The number of hydrogen-bond donors (Lipinski definition) is 2. The minimum Gasteiger partial charge on any atom is -0.497 e. The summed E-state index contributed by atoms with van der Waals surface area (Å²) in [7, 11) is 1.66. The molecule has 7 nitrogen and oxygen atoms in total. The number of rotatable bonds is 9. The standard InChI is InChI=1S/C27H29N5O2S/c1-4-20-7-5-9-22(15-20)29-26(33)28-17-25-30-31-27(32(25)23-13-11-19(2)12-14-23)35-18-21-8-6-10-24(16-21)34-3/h5-16H,4,17-18H2,1-3H3,(H2,28,29,33). The second-order valence-corrected chi connectivity index (χ2v) is 9.01. The number of nitrogens with zero attached hydrogens (tertiary/aromatic N) is 3. The van der Waals surface area contributed by atoms with E-state index in [0.717, 1.165) is 34.3 Å². The van der Waals surface area contributed by atoms with Gasteiger partial charge >= 0.3 is 6.03 Å². The highest BCUT2D eigenvalue weighted by molar-refractivity contribution is 7.98. The van der Waals surface area contributed by atoms with E-state index in [2.05, 4.69) is 52.9 Å². The van der Waals surface area contributed by atoms with Crippen molar-refractivity contribution in [3.8, 4) is 11.4 Å². The SMILES string of the molecule is CCc1cccc(NC(=O)NCc2nnc(SCc3cccc(OC)c3)n2-c2ccc(C)cc2)c1. The van der Waals surface area contributed by atoms with Crippen LogP contribution in [0.5, 0.6) is 5.75 Å². The molecule has 0 bridgehead atoms. The Hall–Kier alpha value is -3.78. The molecule has 2 N–H and O–H groups in total. The Balaban J connectivity index is 1.50. The number of ether oxygens (including phenoxy) is 1. The fourth-order valence-electron chi connectivity index (χ4n) is 3.58. The van der Waals surface area contributed by atoms with E-state index in [0.29, 0.717) is 11.6 Å². The Morgan fingerprint density at radius 3 is 2.54 bits per heavy atom. The summed E-state index contributed by atoms with van der Waals surface area (Å²) < 4.78 is 7.32. The number of nitrogens with one attached hydrogen (secondary N) is 2. The number of aryl methyl sites for hydroxylation is 2. The van der Waals surface area contributed by atoms with Crippen LogP contribution in [0.2, 0.25) is 0 Å². The molecule has 0 aliphatic rings. The molecule has 1 aromatic heterocycles. The van der Waals surface area contributed by atoms with Crippen molar-refractivity contribution in [1.29, 1.82) is 0 Å². The molecule has 0 spiro atoms. The Labute approximate surface area is 209 Å². The monoisotopic (exact) mass is 487 g/mol. The van der Waals surface area contributed by atoms with E-state index in [9.17, 15) is 4.79 Å². The van der Waals surface area contributed by atoms with Gasteiger partial charge in [-0.2, -0.15) is 0 Å². The van der Waals surface area contributed by atoms with Crippen molar-refractivity contribution in [1.82, 2.24) is 20.1 Å². The van der Waals surface area contributed by atoms with Crippen LogP contribution in [0.15, 0.2) is 78.0 Å². The van der Waals surface area contributed by atoms with Crippen molar-refractivity contribution in [3.63, 3.8) is 0 Å². The van der Waals surface area contributed by atoms with Crippen molar-refractivity contribution >= 4 is 23.5 Å². The number of carbonyl (C=O) groups excluding carboxylic acids is 1. The lowest BCUT2D eigenvalue weighted by molar-refractivity contribution is 0.251. The zero-order valence-corrected chi connectivity index (χ0v) is 20.9. The van der Waals surface area contributed by atoms with Gasteiger partial charge in [-0.25, -0.2) is 4.79 Å². The summed E-state index contributed by atoms with van der Waals surface area (Å²) in [4.78, 5) is 12.6. The zero-order valence-electron chi connectivity index (χ0n) is 20.1. The third kappa shape index (κ3) is 6.42. The fourth-order valence-corrected chi connectivity index (χ4v) is 4.49. The van der Waals surface area contributed by atoms with E-state index in [1.165, 1.54) is 11.1 Å². The van der Waals surface area contributed by atoms with Crippen molar-refractivity contribution < 1.29 is 9.53 Å². The van der Waals surface area contributed by atoms with Crippen molar-refractivity contribution in [2.75, 3.05) is 12.4 Å². The minimum absolute atomic E-state index is 0.236. The molecule has 4 aromatic rings. The number of hydrogen-bond acceptors (Lipinski definition) is 5. The highest BCUT2D eigenvalue weighted by Gasteiger charge is 2.16. The Morgan fingerprint density at radius 1 is 1.00 bits per heavy atom. The molecule has 8 heteroatoms. The molecule has 2 amide bonds. The first-order chi connectivity index (χ1) is 17.1. The Bertz CT molecular complexity index is 1290. The average Bonchev–Trinajstić information content (AvgIpc) is 3.29. The molecule has 0 atom stereocenters. The molecule has 3 aromatic carbocycles. The van der Waals surface area contributed by atoms with Crippen LogP contribution in [0.25, 0.3) is 5.69 Å². The molecule has 0 aliphatic carbocycles. The summed E-state index contributed by atoms with van der Waals surface area (Å²) in [6.45, 7) is 4.37. The Morgan fingerprint density at radius 2 is 1.77 bits per heavy atom. The first-order valence-electron chi connectivity index (χ1n) is 11.5. The Kier molecular flexibility index (Phi) is 8.05.